The second kappa shape index (κ2) is 7.31. The van der Waals surface area contributed by atoms with Crippen molar-refractivity contribution < 1.29 is 9.59 Å². The molecular formula is C14H24N2O2. The highest BCUT2D eigenvalue weighted by molar-refractivity contribution is 5.81. The first-order valence-electron chi connectivity index (χ1n) is 6.70. The molecule has 1 fully saturated rings. The van der Waals surface area contributed by atoms with Crippen LogP contribution in [-0.4, -0.2) is 41.8 Å². The van der Waals surface area contributed by atoms with E-state index in [9.17, 15) is 9.59 Å². The van der Waals surface area contributed by atoms with Gasteiger partial charge < -0.3 is 5.32 Å². The maximum Gasteiger partial charge on any atom is 0.237 e. The first-order chi connectivity index (χ1) is 8.56. The van der Waals surface area contributed by atoms with Crippen molar-refractivity contribution in [3.63, 3.8) is 0 Å². The van der Waals surface area contributed by atoms with E-state index in [4.69, 9.17) is 0 Å². The summed E-state index contributed by atoms with van der Waals surface area (Å²) in [5.74, 6) is 0.218. The van der Waals surface area contributed by atoms with Crippen LogP contribution in [0.15, 0.2) is 12.7 Å². The van der Waals surface area contributed by atoms with Crippen LogP contribution in [0.3, 0.4) is 0 Å². The molecule has 1 rings (SSSR count). The second-order valence-corrected chi connectivity index (χ2v) is 5.00. The normalized spacial score (nSPS) is 22.2. The summed E-state index contributed by atoms with van der Waals surface area (Å²) in [7, 11) is 0. The molecule has 1 saturated heterocycles. The number of rotatable bonds is 6. The minimum absolute atomic E-state index is 0.0188. The molecule has 1 amide bonds. The van der Waals surface area contributed by atoms with Crippen molar-refractivity contribution in [3.8, 4) is 0 Å². The van der Waals surface area contributed by atoms with Gasteiger partial charge in [0.05, 0.1) is 6.04 Å². The minimum atomic E-state index is -0.172. The average molecular weight is 252 g/mol. The standard InChI is InChI=1S/C14H24N2O2/c1-4-8-15-14(18)12(3)16-9-6-5-7-13(16)10-11(2)17/h4,12-13H,1,5-10H2,2-3H3,(H,15,18). The molecule has 102 valence electrons. The van der Waals surface area contributed by atoms with Crippen LogP contribution in [-0.2, 0) is 9.59 Å². The lowest BCUT2D eigenvalue weighted by atomic mass is 9.96. The molecule has 0 bridgehead atoms. The van der Waals surface area contributed by atoms with Crippen molar-refractivity contribution in [1.29, 1.82) is 0 Å². The van der Waals surface area contributed by atoms with Crippen LogP contribution in [0.4, 0.5) is 0 Å². The third kappa shape index (κ3) is 4.26. The largest absolute Gasteiger partial charge is 0.351 e. The monoisotopic (exact) mass is 252 g/mol. The third-order valence-electron chi connectivity index (χ3n) is 3.49. The number of hydrogen-bond donors (Lipinski definition) is 1. The SMILES string of the molecule is C=CCNC(=O)C(C)N1CCCCC1CC(C)=O. The Morgan fingerprint density at radius 3 is 2.83 bits per heavy atom. The van der Waals surface area contributed by atoms with Gasteiger partial charge in [-0.3, -0.25) is 14.5 Å². The van der Waals surface area contributed by atoms with Gasteiger partial charge in [0.25, 0.3) is 0 Å². The van der Waals surface area contributed by atoms with Gasteiger partial charge in [-0.1, -0.05) is 12.5 Å². The lowest BCUT2D eigenvalue weighted by Gasteiger charge is -2.38. The molecule has 0 spiro atoms. The lowest BCUT2D eigenvalue weighted by Crippen LogP contribution is -2.52. The highest BCUT2D eigenvalue weighted by Crippen LogP contribution is 2.22. The molecule has 18 heavy (non-hydrogen) atoms. The van der Waals surface area contributed by atoms with Gasteiger partial charge in [0.1, 0.15) is 5.78 Å². The molecule has 0 aromatic heterocycles. The molecule has 1 aliphatic heterocycles. The number of hydrogen-bond acceptors (Lipinski definition) is 3. The van der Waals surface area contributed by atoms with Gasteiger partial charge >= 0.3 is 0 Å². The molecule has 2 atom stereocenters. The number of Topliss-reactive ketones (excluding diaryl/α,β-unsaturated/α-hetero) is 1. The number of carbonyl (C=O) groups is 2. The molecule has 0 aliphatic carbocycles. The van der Waals surface area contributed by atoms with Crippen molar-refractivity contribution in [3.05, 3.63) is 12.7 Å². The maximum atomic E-state index is 11.9. The molecule has 0 aromatic rings. The Labute approximate surface area is 109 Å². The Bertz CT molecular complexity index is 315. The highest BCUT2D eigenvalue weighted by atomic mass is 16.2. The molecule has 2 unspecified atom stereocenters. The van der Waals surface area contributed by atoms with Gasteiger partial charge in [-0.15, -0.1) is 6.58 Å². The van der Waals surface area contributed by atoms with E-state index >= 15 is 0 Å². The molecular weight excluding hydrogens is 228 g/mol. The Kier molecular flexibility index (Phi) is 6.05. The fourth-order valence-electron chi connectivity index (χ4n) is 2.55. The van der Waals surface area contributed by atoms with E-state index in [1.165, 1.54) is 0 Å². The molecule has 4 nitrogen and oxygen atoms in total. The number of amides is 1. The molecule has 1 aliphatic rings. The summed E-state index contributed by atoms with van der Waals surface area (Å²) in [5, 5.41) is 2.82. The first kappa shape index (κ1) is 14.9. The lowest BCUT2D eigenvalue weighted by molar-refractivity contribution is -0.128. The van der Waals surface area contributed by atoms with Gasteiger partial charge in [0.2, 0.25) is 5.91 Å². The number of nitrogens with one attached hydrogen (secondary N) is 1. The van der Waals surface area contributed by atoms with Gasteiger partial charge in [-0.2, -0.15) is 0 Å². The summed E-state index contributed by atoms with van der Waals surface area (Å²) in [6.07, 6.45) is 5.49. The van der Waals surface area contributed by atoms with Crippen LogP contribution in [0.5, 0.6) is 0 Å². The van der Waals surface area contributed by atoms with Crippen molar-refractivity contribution in [2.45, 2.75) is 51.6 Å². The molecule has 0 saturated carbocycles. The van der Waals surface area contributed by atoms with Gasteiger partial charge in [0.15, 0.2) is 0 Å². The Hall–Kier alpha value is -1.16. The zero-order chi connectivity index (χ0) is 13.5. The van der Waals surface area contributed by atoms with Crippen LogP contribution in [0.25, 0.3) is 0 Å². The zero-order valence-corrected chi connectivity index (χ0v) is 11.4. The predicted molar refractivity (Wildman–Crippen MR) is 72.3 cm³/mol. The summed E-state index contributed by atoms with van der Waals surface area (Å²) in [6, 6.07) is 0.0512. The zero-order valence-electron chi connectivity index (χ0n) is 11.4. The number of likely N-dealkylation sites (tertiary alicyclic amines) is 1. The Morgan fingerprint density at radius 2 is 2.22 bits per heavy atom. The van der Waals surface area contributed by atoms with Gasteiger partial charge in [0, 0.05) is 19.0 Å². The van der Waals surface area contributed by atoms with Crippen LogP contribution >= 0.6 is 0 Å². The van der Waals surface area contributed by atoms with E-state index in [-0.39, 0.29) is 23.8 Å². The average Bonchev–Trinajstić information content (AvgIpc) is 2.35. The van der Waals surface area contributed by atoms with Crippen molar-refractivity contribution in [2.75, 3.05) is 13.1 Å². The second-order valence-electron chi connectivity index (χ2n) is 5.00. The van der Waals surface area contributed by atoms with Crippen LogP contribution < -0.4 is 5.32 Å². The van der Waals surface area contributed by atoms with E-state index in [0.29, 0.717) is 13.0 Å². The molecule has 0 radical (unpaired) electrons. The first-order valence-corrected chi connectivity index (χ1v) is 6.70. The number of nitrogens with zero attached hydrogens (tertiary/aromatic N) is 1. The summed E-state index contributed by atoms with van der Waals surface area (Å²) in [6.45, 7) is 8.52. The van der Waals surface area contributed by atoms with Gasteiger partial charge in [-0.25, -0.2) is 0 Å². The summed E-state index contributed by atoms with van der Waals surface area (Å²) >= 11 is 0. The number of ketones is 1. The quantitative estimate of drug-likeness (QED) is 0.729. The minimum Gasteiger partial charge on any atom is -0.351 e. The fraction of sp³-hybridized carbons (Fsp3) is 0.714. The Balaban J connectivity index is 2.61. The summed E-state index contributed by atoms with van der Waals surface area (Å²) in [4.78, 5) is 25.4. The molecule has 1 heterocycles. The molecule has 4 heteroatoms. The van der Waals surface area contributed by atoms with E-state index in [2.05, 4.69) is 16.8 Å². The Morgan fingerprint density at radius 1 is 1.50 bits per heavy atom. The number of carbonyl (C=O) groups excluding carboxylic acids is 2. The van der Waals surface area contributed by atoms with Crippen LogP contribution in [0.1, 0.15) is 39.5 Å². The topological polar surface area (TPSA) is 49.4 Å². The molecule has 1 N–H and O–H groups in total. The van der Waals surface area contributed by atoms with E-state index in [1.807, 2.05) is 6.92 Å². The van der Waals surface area contributed by atoms with E-state index < -0.39 is 0 Å². The summed E-state index contributed by atoms with van der Waals surface area (Å²) in [5.41, 5.74) is 0. The van der Waals surface area contributed by atoms with Crippen LogP contribution in [0, 0.1) is 0 Å². The van der Waals surface area contributed by atoms with Crippen molar-refractivity contribution >= 4 is 11.7 Å². The third-order valence-corrected chi connectivity index (χ3v) is 3.49. The van der Waals surface area contributed by atoms with Crippen molar-refractivity contribution in [1.82, 2.24) is 10.2 Å². The maximum absolute atomic E-state index is 11.9. The van der Waals surface area contributed by atoms with E-state index in [1.54, 1.807) is 13.0 Å². The number of piperidine rings is 1. The van der Waals surface area contributed by atoms with Gasteiger partial charge in [-0.05, 0) is 33.2 Å². The highest BCUT2D eigenvalue weighted by Gasteiger charge is 2.30. The van der Waals surface area contributed by atoms with Crippen LogP contribution in [0.2, 0.25) is 0 Å². The van der Waals surface area contributed by atoms with Crippen molar-refractivity contribution in [2.24, 2.45) is 0 Å². The fourth-order valence-corrected chi connectivity index (χ4v) is 2.55. The van der Waals surface area contributed by atoms with E-state index in [0.717, 1.165) is 25.8 Å². The predicted octanol–water partition coefficient (Wildman–Crippen LogP) is 1.51. The smallest absolute Gasteiger partial charge is 0.237 e. The summed E-state index contributed by atoms with van der Waals surface area (Å²) < 4.78 is 0. The molecule has 0 aromatic carbocycles.